The van der Waals surface area contributed by atoms with Gasteiger partial charge in [-0.3, -0.25) is 4.79 Å². The number of carbonyl (C=O) groups is 1. The van der Waals surface area contributed by atoms with E-state index in [1.807, 2.05) is 26.8 Å². The summed E-state index contributed by atoms with van der Waals surface area (Å²) in [5.41, 5.74) is 0.916. The zero-order valence-electron chi connectivity index (χ0n) is 14.2. The highest BCUT2D eigenvalue weighted by Crippen LogP contribution is 2.25. The van der Waals surface area contributed by atoms with Gasteiger partial charge in [0, 0.05) is 26.2 Å². The van der Waals surface area contributed by atoms with Crippen LogP contribution in [0.2, 0.25) is 0 Å². The van der Waals surface area contributed by atoms with Crippen LogP contribution in [-0.2, 0) is 14.8 Å². The SMILES string of the molecule is CCN(CC)C(=O)C1CCCN(S(=O)(=O)c2cccc(C)c2)C1. The van der Waals surface area contributed by atoms with E-state index in [0.29, 0.717) is 24.5 Å². The molecule has 1 aromatic rings. The highest BCUT2D eigenvalue weighted by molar-refractivity contribution is 7.89. The predicted octanol–water partition coefficient (Wildman–Crippen LogP) is 2.26. The first-order valence-electron chi connectivity index (χ1n) is 8.25. The monoisotopic (exact) mass is 338 g/mol. The molecule has 1 aliphatic rings. The number of carbonyl (C=O) groups excluding carboxylic acids is 1. The fourth-order valence-electron chi connectivity index (χ4n) is 3.08. The van der Waals surface area contributed by atoms with Crippen molar-refractivity contribution in [1.82, 2.24) is 9.21 Å². The van der Waals surface area contributed by atoms with Crippen molar-refractivity contribution in [2.24, 2.45) is 5.92 Å². The zero-order chi connectivity index (χ0) is 17.0. The van der Waals surface area contributed by atoms with Crippen molar-refractivity contribution >= 4 is 15.9 Å². The van der Waals surface area contributed by atoms with E-state index in [9.17, 15) is 13.2 Å². The quantitative estimate of drug-likeness (QED) is 0.827. The average molecular weight is 338 g/mol. The molecule has 0 spiro atoms. The van der Waals surface area contributed by atoms with Crippen LogP contribution < -0.4 is 0 Å². The fourth-order valence-corrected chi connectivity index (χ4v) is 4.71. The molecule has 1 atom stereocenters. The summed E-state index contributed by atoms with van der Waals surface area (Å²) in [5, 5.41) is 0. The minimum atomic E-state index is -3.53. The first-order valence-corrected chi connectivity index (χ1v) is 9.69. The lowest BCUT2D eigenvalue weighted by Crippen LogP contribution is -2.46. The Bertz CT molecular complexity index is 654. The van der Waals surface area contributed by atoms with E-state index in [-0.39, 0.29) is 18.4 Å². The third kappa shape index (κ3) is 3.93. The van der Waals surface area contributed by atoms with Gasteiger partial charge in [-0.25, -0.2) is 8.42 Å². The summed E-state index contributed by atoms with van der Waals surface area (Å²) < 4.78 is 27.1. The van der Waals surface area contributed by atoms with E-state index in [1.165, 1.54) is 4.31 Å². The molecule has 1 unspecified atom stereocenters. The van der Waals surface area contributed by atoms with Crippen LogP contribution in [0.1, 0.15) is 32.3 Å². The van der Waals surface area contributed by atoms with Crippen molar-refractivity contribution < 1.29 is 13.2 Å². The van der Waals surface area contributed by atoms with Crippen molar-refractivity contribution in [2.45, 2.75) is 38.5 Å². The van der Waals surface area contributed by atoms with Gasteiger partial charge in [-0.2, -0.15) is 4.31 Å². The van der Waals surface area contributed by atoms with Crippen LogP contribution in [0.3, 0.4) is 0 Å². The Morgan fingerprint density at radius 1 is 1.30 bits per heavy atom. The third-order valence-corrected chi connectivity index (χ3v) is 6.30. The van der Waals surface area contributed by atoms with Crippen LogP contribution in [0.15, 0.2) is 29.2 Å². The molecule has 5 nitrogen and oxygen atoms in total. The van der Waals surface area contributed by atoms with Crippen LogP contribution in [0.4, 0.5) is 0 Å². The molecule has 0 bridgehead atoms. The summed E-state index contributed by atoms with van der Waals surface area (Å²) in [5.74, 6) is -0.164. The number of amides is 1. The summed E-state index contributed by atoms with van der Waals surface area (Å²) in [6.45, 7) is 7.87. The van der Waals surface area contributed by atoms with E-state index >= 15 is 0 Å². The predicted molar refractivity (Wildman–Crippen MR) is 90.6 cm³/mol. The molecule has 23 heavy (non-hydrogen) atoms. The Morgan fingerprint density at radius 3 is 2.61 bits per heavy atom. The Hall–Kier alpha value is -1.40. The van der Waals surface area contributed by atoms with Crippen LogP contribution in [-0.4, -0.2) is 49.7 Å². The average Bonchev–Trinajstić information content (AvgIpc) is 2.56. The molecule has 6 heteroatoms. The molecule has 0 radical (unpaired) electrons. The van der Waals surface area contributed by atoms with Gasteiger partial charge < -0.3 is 4.90 Å². The summed E-state index contributed by atoms with van der Waals surface area (Å²) in [6, 6.07) is 6.94. The molecule has 0 saturated carbocycles. The summed E-state index contributed by atoms with van der Waals surface area (Å²) >= 11 is 0. The molecule has 1 fully saturated rings. The van der Waals surface area contributed by atoms with Gasteiger partial charge >= 0.3 is 0 Å². The van der Waals surface area contributed by atoms with Gasteiger partial charge in [0.2, 0.25) is 15.9 Å². The second-order valence-electron chi connectivity index (χ2n) is 6.03. The van der Waals surface area contributed by atoms with Gasteiger partial charge in [-0.05, 0) is 51.3 Å². The topological polar surface area (TPSA) is 57.7 Å². The van der Waals surface area contributed by atoms with Gasteiger partial charge in [0.1, 0.15) is 0 Å². The number of rotatable bonds is 5. The molecule has 1 aliphatic heterocycles. The van der Waals surface area contributed by atoms with Crippen molar-refractivity contribution in [1.29, 1.82) is 0 Å². The van der Waals surface area contributed by atoms with Crippen LogP contribution >= 0.6 is 0 Å². The number of sulfonamides is 1. The number of hydrogen-bond acceptors (Lipinski definition) is 3. The lowest BCUT2D eigenvalue weighted by atomic mass is 9.98. The van der Waals surface area contributed by atoms with Crippen molar-refractivity contribution in [3.8, 4) is 0 Å². The molecule has 0 N–H and O–H groups in total. The number of hydrogen-bond donors (Lipinski definition) is 0. The molecule has 1 heterocycles. The summed E-state index contributed by atoms with van der Waals surface area (Å²) in [4.78, 5) is 14.6. The van der Waals surface area contributed by atoms with E-state index in [0.717, 1.165) is 18.4 Å². The first kappa shape index (κ1) is 17.9. The molecule has 2 rings (SSSR count). The second-order valence-corrected chi connectivity index (χ2v) is 7.97. The largest absolute Gasteiger partial charge is 0.343 e. The number of benzene rings is 1. The maximum absolute atomic E-state index is 12.8. The standard InChI is InChI=1S/C17H26N2O3S/c1-4-18(5-2)17(20)15-9-7-11-19(13-15)23(21,22)16-10-6-8-14(3)12-16/h6,8,10,12,15H,4-5,7,9,11,13H2,1-3H3. The first-order chi connectivity index (χ1) is 10.9. The van der Waals surface area contributed by atoms with Crippen molar-refractivity contribution in [3.63, 3.8) is 0 Å². The molecular formula is C17H26N2O3S. The van der Waals surface area contributed by atoms with E-state index in [2.05, 4.69) is 0 Å². The molecule has 0 aliphatic carbocycles. The number of aryl methyl sites for hydroxylation is 1. The molecule has 0 aromatic heterocycles. The normalized spacial score (nSPS) is 19.5. The fraction of sp³-hybridized carbons (Fsp3) is 0.588. The minimum absolute atomic E-state index is 0.0687. The van der Waals surface area contributed by atoms with Crippen molar-refractivity contribution in [3.05, 3.63) is 29.8 Å². The Labute approximate surface area is 139 Å². The van der Waals surface area contributed by atoms with Crippen LogP contribution in [0, 0.1) is 12.8 Å². The second kappa shape index (κ2) is 7.45. The van der Waals surface area contributed by atoms with Gasteiger partial charge in [-0.1, -0.05) is 12.1 Å². The van der Waals surface area contributed by atoms with Gasteiger partial charge in [0.05, 0.1) is 10.8 Å². The van der Waals surface area contributed by atoms with Crippen LogP contribution in [0.25, 0.3) is 0 Å². The van der Waals surface area contributed by atoms with Crippen LogP contribution in [0.5, 0.6) is 0 Å². The maximum atomic E-state index is 12.8. The van der Waals surface area contributed by atoms with Gasteiger partial charge in [0.15, 0.2) is 0 Å². The molecule has 128 valence electrons. The van der Waals surface area contributed by atoms with E-state index in [4.69, 9.17) is 0 Å². The lowest BCUT2D eigenvalue weighted by Gasteiger charge is -2.33. The highest BCUT2D eigenvalue weighted by Gasteiger charge is 2.34. The lowest BCUT2D eigenvalue weighted by molar-refractivity contribution is -0.136. The number of nitrogens with zero attached hydrogens (tertiary/aromatic N) is 2. The summed E-state index contributed by atoms with van der Waals surface area (Å²) in [7, 11) is -3.53. The van der Waals surface area contributed by atoms with E-state index in [1.54, 1.807) is 23.1 Å². The third-order valence-electron chi connectivity index (χ3n) is 4.44. The molecule has 1 amide bonds. The van der Waals surface area contributed by atoms with E-state index < -0.39 is 10.0 Å². The van der Waals surface area contributed by atoms with Gasteiger partial charge in [-0.15, -0.1) is 0 Å². The molecule has 1 saturated heterocycles. The smallest absolute Gasteiger partial charge is 0.243 e. The molecular weight excluding hydrogens is 312 g/mol. The van der Waals surface area contributed by atoms with Gasteiger partial charge in [0.25, 0.3) is 0 Å². The maximum Gasteiger partial charge on any atom is 0.243 e. The Balaban J connectivity index is 2.19. The summed E-state index contributed by atoms with van der Waals surface area (Å²) in [6.07, 6.45) is 1.48. The Morgan fingerprint density at radius 2 is 2.00 bits per heavy atom. The Kier molecular flexibility index (Phi) is 5.81. The minimum Gasteiger partial charge on any atom is -0.343 e. The molecule has 1 aromatic carbocycles. The number of piperidine rings is 1. The highest BCUT2D eigenvalue weighted by atomic mass is 32.2. The zero-order valence-corrected chi connectivity index (χ0v) is 15.0. The van der Waals surface area contributed by atoms with Crippen molar-refractivity contribution in [2.75, 3.05) is 26.2 Å².